The minimum Gasteiger partial charge on any atom is -0.496 e. The van der Waals surface area contributed by atoms with E-state index in [4.69, 9.17) is 9.47 Å². The predicted octanol–water partition coefficient (Wildman–Crippen LogP) is 1.15. The number of hydrogen-bond donors (Lipinski definition) is 1. The molecule has 8 nitrogen and oxygen atoms in total. The standard InChI is InChI=1S/C18H25N3O5/c1-3-26-18(24)20-9-6-12(7-10-20)19-17(23)16-13-5-4-8-21(13)15(22)11-14(16)25-2/h11-12H,3-10H2,1-2H3,(H,19,23). The highest BCUT2D eigenvalue weighted by Crippen LogP contribution is 2.25. The molecular weight excluding hydrogens is 338 g/mol. The third-order valence-corrected chi connectivity index (χ3v) is 4.98. The molecule has 2 amide bonds. The molecular formula is C18H25N3O5. The monoisotopic (exact) mass is 363 g/mol. The van der Waals surface area contributed by atoms with Gasteiger partial charge in [0.15, 0.2) is 0 Å². The number of amides is 2. The van der Waals surface area contributed by atoms with Crippen molar-refractivity contribution in [2.24, 2.45) is 0 Å². The second-order valence-electron chi connectivity index (χ2n) is 6.56. The van der Waals surface area contributed by atoms with Crippen LogP contribution in [-0.4, -0.2) is 54.3 Å². The average molecular weight is 363 g/mol. The van der Waals surface area contributed by atoms with Crippen LogP contribution in [0.3, 0.4) is 0 Å². The highest BCUT2D eigenvalue weighted by molar-refractivity contribution is 5.98. The largest absolute Gasteiger partial charge is 0.496 e. The van der Waals surface area contributed by atoms with Crippen molar-refractivity contribution in [3.63, 3.8) is 0 Å². The molecule has 1 saturated heterocycles. The number of piperidine rings is 1. The summed E-state index contributed by atoms with van der Waals surface area (Å²) in [5.41, 5.74) is 1.07. The van der Waals surface area contributed by atoms with Crippen molar-refractivity contribution in [1.29, 1.82) is 0 Å². The van der Waals surface area contributed by atoms with E-state index in [1.807, 2.05) is 0 Å². The quantitative estimate of drug-likeness (QED) is 0.867. The summed E-state index contributed by atoms with van der Waals surface area (Å²) >= 11 is 0. The number of hydrogen-bond acceptors (Lipinski definition) is 5. The van der Waals surface area contributed by atoms with Gasteiger partial charge in [0.25, 0.3) is 11.5 Å². The van der Waals surface area contributed by atoms with Gasteiger partial charge in [-0.15, -0.1) is 0 Å². The highest BCUT2D eigenvalue weighted by Gasteiger charge is 2.29. The molecule has 0 atom stereocenters. The van der Waals surface area contributed by atoms with E-state index in [2.05, 4.69) is 5.32 Å². The second kappa shape index (κ2) is 7.80. The van der Waals surface area contributed by atoms with Gasteiger partial charge in [-0.2, -0.15) is 0 Å². The van der Waals surface area contributed by atoms with E-state index in [0.29, 0.717) is 56.8 Å². The number of pyridine rings is 1. The van der Waals surface area contributed by atoms with Crippen LogP contribution in [0.15, 0.2) is 10.9 Å². The topological polar surface area (TPSA) is 89.9 Å². The zero-order valence-corrected chi connectivity index (χ0v) is 15.2. The predicted molar refractivity (Wildman–Crippen MR) is 94.7 cm³/mol. The molecule has 0 saturated carbocycles. The van der Waals surface area contributed by atoms with Crippen molar-refractivity contribution in [3.05, 3.63) is 27.7 Å². The minimum absolute atomic E-state index is 0.0214. The van der Waals surface area contributed by atoms with Crippen LogP contribution in [0.2, 0.25) is 0 Å². The maximum absolute atomic E-state index is 12.9. The van der Waals surface area contributed by atoms with Gasteiger partial charge in [0, 0.05) is 37.4 Å². The summed E-state index contributed by atoms with van der Waals surface area (Å²) in [5.74, 6) is 0.103. The Balaban J connectivity index is 1.69. The van der Waals surface area contributed by atoms with Gasteiger partial charge in [0.2, 0.25) is 0 Å². The minimum atomic E-state index is -0.306. The van der Waals surface area contributed by atoms with E-state index < -0.39 is 0 Å². The lowest BCUT2D eigenvalue weighted by atomic mass is 10.0. The van der Waals surface area contributed by atoms with E-state index in [1.54, 1.807) is 16.4 Å². The fourth-order valence-corrected chi connectivity index (χ4v) is 3.66. The van der Waals surface area contributed by atoms with Gasteiger partial charge >= 0.3 is 6.09 Å². The first-order chi connectivity index (χ1) is 12.5. The van der Waals surface area contributed by atoms with E-state index in [0.717, 1.165) is 12.1 Å². The molecule has 0 aliphatic carbocycles. The molecule has 0 unspecified atom stereocenters. The van der Waals surface area contributed by atoms with Crippen LogP contribution < -0.4 is 15.6 Å². The molecule has 0 radical (unpaired) electrons. The molecule has 1 fully saturated rings. The van der Waals surface area contributed by atoms with Gasteiger partial charge in [-0.25, -0.2) is 4.79 Å². The number of carbonyl (C=O) groups excluding carboxylic acids is 2. The SMILES string of the molecule is CCOC(=O)N1CCC(NC(=O)c2c(OC)cc(=O)n3c2CCC3)CC1. The Morgan fingerprint density at radius 3 is 2.65 bits per heavy atom. The first-order valence-corrected chi connectivity index (χ1v) is 9.08. The molecule has 8 heteroatoms. The first-order valence-electron chi connectivity index (χ1n) is 9.08. The molecule has 1 aromatic rings. The van der Waals surface area contributed by atoms with E-state index in [-0.39, 0.29) is 23.6 Å². The van der Waals surface area contributed by atoms with Crippen LogP contribution in [0.4, 0.5) is 4.79 Å². The number of aromatic nitrogens is 1. The molecule has 1 aromatic heterocycles. The lowest BCUT2D eigenvalue weighted by Gasteiger charge is -2.31. The van der Waals surface area contributed by atoms with Crippen LogP contribution in [0.25, 0.3) is 0 Å². The summed E-state index contributed by atoms with van der Waals surface area (Å²) in [6, 6.07) is 1.36. The Hall–Kier alpha value is -2.51. The molecule has 3 heterocycles. The average Bonchev–Trinajstić information content (AvgIpc) is 3.12. The fourth-order valence-electron chi connectivity index (χ4n) is 3.66. The summed E-state index contributed by atoms with van der Waals surface area (Å²) in [4.78, 5) is 38.4. The normalized spacial score (nSPS) is 16.9. The van der Waals surface area contributed by atoms with Crippen LogP contribution in [-0.2, 0) is 17.7 Å². The molecule has 2 aliphatic rings. The number of nitrogens with zero attached hydrogens (tertiary/aromatic N) is 2. The van der Waals surface area contributed by atoms with Gasteiger partial charge in [-0.1, -0.05) is 0 Å². The number of fused-ring (bicyclic) bond motifs is 1. The third-order valence-electron chi connectivity index (χ3n) is 4.98. The van der Waals surface area contributed by atoms with Crippen LogP contribution in [0.5, 0.6) is 5.75 Å². The molecule has 0 spiro atoms. The van der Waals surface area contributed by atoms with Crippen molar-refractivity contribution in [2.75, 3.05) is 26.8 Å². The van der Waals surface area contributed by atoms with E-state index in [1.165, 1.54) is 13.2 Å². The smallest absolute Gasteiger partial charge is 0.409 e. The summed E-state index contributed by atoms with van der Waals surface area (Å²) in [5, 5.41) is 3.04. The molecule has 0 bridgehead atoms. The number of likely N-dealkylation sites (tertiary alicyclic amines) is 1. The Labute approximate surface area is 152 Å². The molecule has 26 heavy (non-hydrogen) atoms. The van der Waals surface area contributed by atoms with Crippen molar-refractivity contribution < 1.29 is 19.1 Å². The van der Waals surface area contributed by atoms with Gasteiger partial charge < -0.3 is 24.3 Å². The molecule has 3 rings (SSSR count). The number of nitrogens with one attached hydrogen (secondary N) is 1. The number of methoxy groups -OCH3 is 1. The van der Waals surface area contributed by atoms with Crippen LogP contribution in [0.1, 0.15) is 42.2 Å². The Morgan fingerprint density at radius 2 is 2.00 bits per heavy atom. The van der Waals surface area contributed by atoms with E-state index >= 15 is 0 Å². The number of rotatable bonds is 4. The summed E-state index contributed by atoms with van der Waals surface area (Å²) in [7, 11) is 1.47. The maximum Gasteiger partial charge on any atom is 0.409 e. The van der Waals surface area contributed by atoms with E-state index in [9.17, 15) is 14.4 Å². The van der Waals surface area contributed by atoms with Crippen LogP contribution in [0, 0.1) is 0 Å². The Morgan fingerprint density at radius 1 is 1.27 bits per heavy atom. The molecule has 2 aliphatic heterocycles. The van der Waals surface area contributed by atoms with Crippen molar-refractivity contribution in [2.45, 2.75) is 45.2 Å². The van der Waals surface area contributed by atoms with Gasteiger partial charge in [-0.3, -0.25) is 9.59 Å². The Bertz CT molecular complexity index is 750. The highest BCUT2D eigenvalue weighted by atomic mass is 16.6. The summed E-state index contributed by atoms with van der Waals surface area (Å²) < 4.78 is 12.0. The maximum atomic E-state index is 12.9. The Kier molecular flexibility index (Phi) is 5.49. The number of ether oxygens (including phenoxy) is 2. The van der Waals surface area contributed by atoms with Gasteiger partial charge in [0.05, 0.1) is 13.7 Å². The molecule has 142 valence electrons. The van der Waals surface area contributed by atoms with Crippen molar-refractivity contribution >= 4 is 12.0 Å². The zero-order valence-electron chi connectivity index (χ0n) is 15.2. The number of carbonyl (C=O) groups is 2. The molecule has 1 N–H and O–H groups in total. The van der Waals surface area contributed by atoms with Crippen molar-refractivity contribution in [1.82, 2.24) is 14.8 Å². The molecule has 0 aromatic carbocycles. The second-order valence-corrected chi connectivity index (χ2v) is 6.56. The lowest BCUT2D eigenvalue weighted by molar-refractivity contribution is 0.0857. The first kappa shape index (κ1) is 18.3. The van der Waals surface area contributed by atoms with Crippen LogP contribution >= 0.6 is 0 Å². The van der Waals surface area contributed by atoms with Gasteiger partial charge in [-0.05, 0) is 32.6 Å². The van der Waals surface area contributed by atoms with Gasteiger partial charge in [0.1, 0.15) is 11.3 Å². The van der Waals surface area contributed by atoms with Crippen molar-refractivity contribution in [3.8, 4) is 5.75 Å². The third kappa shape index (κ3) is 3.54. The zero-order chi connectivity index (χ0) is 18.7. The summed E-state index contributed by atoms with van der Waals surface area (Å²) in [6.07, 6.45) is 2.57. The fraction of sp³-hybridized carbons (Fsp3) is 0.611. The lowest BCUT2D eigenvalue weighted by Crippen LogP contribution is -2.47. The summed E-state index contributed by atoms with van der Waals surface area (Å²) in [6.45, 7) is 3.87.